The molecule has 3 aromatic carbocycles. The minimum absolute atomic E-state index is 0.00279. The van der Waals surface area contributed by atoms with Crippen LogP contribution in [0.2, 0.25) is 0 Å². The molecule has 0 spiro atoms. The molecule has 0 atom stereocenters. The number of carbonyl (C=O) groups is 1. The zero-order chi connectivity index (χ0) is 22.5. The quantitative estimate of drug-likeness (QED) is 0.393. The molecule has 6 nitrogen and oxygen atoms in total. The Morgan fingerprint density at radius 1 is 0.969 bits per heavy atom. The third kappa shape index (κ3) is 4.59. The number of benzene rings is 3. The van der Waals surface area contributed by atoms with Gasteiger partial charge in [0.1, 0.15) is 30.5 Å². The lowest BCUT2D eigenvalue weighted by Crippen LogP contribution is -2.39. The van der Waals surface area contributed by atoms with Gasteiger partial charge in [-0.1, -0.05) is 36.4 Å². The maximum atomic E-state index is 13.4. The smallest absolute Gasteiger partial charge is 0.247 e. The van der Waals surface area contributed by atoms with E-state index >= 15 is 0 Å². The first-order chi connectivity index (χ1) is 15.6. The summed E-state index contributed by atoms with van der Waals surface area (Å²) in [6.07, 6.45) is 0. The number of aromatic nitrogens is 2. The summed E-state index contributed by atoms with van der Waals surface area (Å²) >= 11 is 0. The second kappa shape index (κ2) is 9.56. The number of hydrogen-bond donors (Lipinski definition) is 0. The average Bonchev–Trinajstić information content (AvgIpc) is 3.15. The molecule has 0 saturated carbocycles. The monoisotopic (exact) mass is 429 g/mol. The van der Waals surface area contributed by atoms with Crippen LogP contribution in [-0.4, -0.2) is 28.6 Å². The lowest BCUT2D eigenvalue weighted by molar-refractivity contribution is -0.119. The maximum Gasteiger partial charge on any atom is 0.247 e. The van der Waals surface area contributed by atoms with E-state index < -0.39 is 0 Å². The zero-order valence-electron chi connectivity index (χ0n) is 18.6. The van der Waals surface area contributed by atoms with Crippen molar-refractivity contribution >= 4 is 22.6 Å². The summed E-state index contributed by atoms with van der Waals surface area (Å²) in [6, 6.07) is 25.0. The van der Waals surface area contributed by atoms with Crippen LogP contribution in [0, 0.1) is 0 Å². The van der Waals surface area contributed by atoms with Gasteiger partial charge in [-0.3, -0.25) is 4.79 Å². The molecule has 1 amide bonds. The van der Waals surface area contributed by atoms with Crippen LogP contribution in [0.3, 0.4) is 0 Å². The summed E-state index contributed by atoms with van der Waals surface area (Å²) < 4.78 is 13.2. The van der Waals surface area contributed by atoms with Crippen LogP contribution in [-0.2, 0) is 17.9 Å². The van der Waals surface area contributed by atoms with Gasteiger partial charge in [0.05, 0.1) is 18.1 Å². The van der Waals surface area contributed by atoms with Gasteiger partial charge in [0, 0.05) is 17.8 Å². The summed E-state index contributed by atoms with van der Waals surface area (Å²) in [5, 5.41) is 0. The van der Waals surface area contributed by atoms with Crippen molar-refractivity contribution in [1.82, 2.24) is 9.55 Å². The number of anilines is 1. The highest BCUT2D eigenvalue weighted by Gasteiger charge is 2.22. The van der Waals surface area contributed by atoms with Crippen molar-refractivity contribution < 1.29 is 14.3 Å². The standard InChI is InChI=1S/C26H27N3O3/c1-19(2)29(20-10-5-4-6-11-20)26(30)17-28-24-15-8-7-14-23(24)27-25(28)18-32-22-13-9-12-21(16-22)31-3/h4-16,19H,17-18H2,1-3H3. The predicted molar refractivity (Wildman–Crippen MR) is 126 cm³/mol. The number of para-hydroxylation sites is 3. The Morgan fingerprint density at radius 3 is 2.44 bits per heavy atom. The molecule has 0 bridgehead atoms. The first-order valence-electron chi connectivity index (χ1n) is 10.6. The van der Waals surface area contributed by atoms with Gasteiger partial charge in [0.2, 0.25) is 5.91 Å². The molecule has 0 aliphatic carbocycles. The summed E-state index contributed by atoms with van der Waals surface area (Å²) in [5.74, 6) is 2.10. The number of rotatable bonds is 8. The molecule has 0 unspecified atom stereocenters. The molecular weight excluding hydrogens is 402 g/mol. The Bertz CT molecular complexity index is 1200. The van der Waals surface area contributed by atoms with E-state index in [-0.39, 0.29) is 25.1 Å². The van der Waals surface area contributed by atoms with Crippen molar-refractivity contribution in [3.63, 3.8) is 0 Å². The Kier molecular flexibility index (Phi) is 6.40. The number of nitrogens with zero attached hydrogens (tertiary/aromatic N) is 3. The normalized spacial score (nSPS) is 11.0. The highest BCUT2D eigenvalue weighted by atomic mass is 16.5. The van der Waals surface area contributed by atoms with Crippen LogP contribution >= 0.6 is 0 Å². The molecule has 4 aromatic rings. The third-order valence-electron chi connectivity index (χ3n) is 5.26. The molecule has 1 heterocycles. The van der Waals surface area contributed by atoms with E-state index in [0.29, 0.717) is 11.6 Å². The molecule has 4 rings (SSSR count). The van der Waals surface area contributed by atoms with E-state index in [9.17, 15) is 4.79 Å². The van der Waals surface area contributed by atoms with E-state index in [1.54, 1.807) is 7.11 Å². The average molecular weight is 430 g/mol. The molecule has 164 valence electrons. The molecule has 0 radical (unpaired) electrons. The number of fused-ring (bicyclic) bond motifs is 1. The van der Waals surface area contributed by atoms with Gasteiger partial charge in [-0.25, -0.2) is 4.98 Å². The SMILES string of the molecule is COc1cccc(OCc2nc3ccccc3n2CC(=O)N(c2ccccc2)C(C)C)c1. The maximum absolute atomic E-state index is 13.4. The van der Waals surface area contributed by atoms with Crippen molar-refractivity contribution in [3.05, 3.63) is 84.7 Å². The van der Waals surface area contributed by atoms with Crippen molar-refractivity contribution in [1.29, 1.82) is 0 Å². The van der Waals surface area contributed by atoms with Gasteiger partial charge in [-0.05, 0) is 50.2 Å². The first kappa shape index (κ1) is 21.4. The zero-order valence-corrected chi connectivity index (χ0v) is 18.6. The van der Waals surface area contributed by atoms with E-state index in [4.69, 9.17) is 14.5 Å². The topological polar surface area (TPSA) is 56.6 Å². The molecule has 0 N–H and O–H groups in total. The molecule has 1 aromatic heterocycles. The summed E-state index contributed by atoms with van der Waals surface area (Å²) in [7, 11) is 1.62. The highest BCUT2D eigenvalue weighted by Crippen LogP contribution is 2.23. The van der Waals surface area contributed by atoms with Crippen LogP contribution in [0.25, 0.3) is 11.0 Å². The predicted octanol–water partition coefficient (Wildman–Crippen LogP) is 5.07. The van der Waals surface area contributed by atoms with Gasteiger partial charge in [0.15, 0.2) is 0 Å². The van der Waals surface area contributed by atoms with E-state index in [1.807, 2.05) is 102 Å². The van der Waals surface area contributed by atoms with Gasteiger partial charge in [0.25, 0.3) is 0 Å². The number of carbonyl (C=O) groups excluding carboxylic acids is 1. The Labute approximate surface area is 188 Å². The van der Waals surface area contributed by atoms with Gasteiger partial charge < -0.3 is 18.9 Å². The Balaban J connectivity index is 1.63. The summed E-state index contributed by atoms with van der Waals surface area (Å²) in [6.45, 7) is 4.44. The Hall–Kier alpha value is -3.80. The lowest BCUT2D eigenvalue weighted by Gasteiger charge is -2.27. The number of ether oxygens (including phenoxy) is 2. The minimum atomic E-state index is -0.00279. The third-order valence-corrected chi connectivity index (χ3v) is 5.26. The second-order valence-corrected chi connectivity index (χ2v) is 7.76. The highest BCUT2D eigenvalue weighted by molar-refractivity contribution is 5.94. The van der Waals surface area contributed by atoms with Crippen LogP contribution in [0.4, 0.5) is 5.69 Å². The van der Waals surface area contributed by atoms with Gasteiger partial charge in [-0.2, -0.15) is 0 Å². The number of imidazole rings is 1. The van der Waals surface area contributed by atoms with Crippen molar-refractivity contribution in [2.75, 3.05) is 12.0 Å². The summed E-state index contributed by atoms with van der Waals surface area (Å²) in [4.78, 5) is 20.0. The first-order valence-corrected chi connectivity index (χ1v) is 10.6. The van der Waals surface area contributed by atoms with Crippen LogP contribution in [0.1, 0.15) is 19.7 Å². The lowest BCUT2D eigenvalue weighted by atomic mass is 10.2. The second-order valence-electron chi connectivity index (χ2n) is 7.76. The molecule has 0 fully saturated rings. The van der Waals surface area contributed by atoms with Crippen LogP contribution in [0.15, 0.2) is 78.9 Å². The van der Waals surface area contributed by atoms with Crippen molar-refractivity contribution in [3.8, 4) is 11.5 Å². The number of hydrogen-bond acceptors (Lipinski definition) is 4. The molecular formula is C26H27N3O3. The molecule has 0 saturated heterocycles. The fourth-order valence-corrected chi connectivity index (χ4v) is 3.78. The largest absolute Gasteiger partial charge is 0.497 e. The van der Waals surface area contributed by atoms with Gasteiger partial charge >= 0.3 is 0 Å². The minimum Gasteiger partial charge on any atom is -0.497 e. The van der Waals surface area contributed by atoms with Crippen molar-refractivity contribution in [2.45, 2.75) is 33.0 Å². The number of methoxy groups -OCH3 is 1. The fourth-order valence-electron chi connectivity index (χ4n) is 3.78. The summed E-state index contributed by atoms with van der Waals surface area (Å²) in [5.41, 5.74) is 2.62. The molecule has 6 heteroatoms. The van der Waals surface area contributed by atoms with Crippen LogP contribution < -0.4 is 14.4 Å². The molecule has 32 heavy (non-hydrogen) atoms. The van der Waals surface area contributed by atoms with Crippen molar-refractivity contribution in [2.24, 2.45) is 0 Å². The van der Waals surface area contributed by atoms with Gasteiger partial charge in [-0.15, -0.1) is 0 Å². The molecule has 0 aliphatic heterocycles. The van der Waals surface area contributed by atoms with Crippen LogP contribution in [0.5, 0.6) is 11.5 Å². The number of amides is 1. The van der Waals surface area contributed by atoms with E-state index in [1.165, 1.54) is 0 Å². The fraction of sp³-hybridized carbons (Fsp3) is 0.231. The Morgan fingerprint density at radius 2 is 1.69 bits per heavy atom. The van der Waals surface area contributed by atoms with E-state index in [2.05, 4.69) is 0 Å². The van der Waals surface area contributed by atoms with E-state index in [0.717, 1.165) is 22.5 Å². The molecule has 0 aliphatic rings.